The van der Waals surface area contributed by atoms with Crippen LogP contribution in [0.5, 0.6) is 5.88 Å². The number of ether oxygens (including phenoxy) is 1. The Kier molecular flexibility index (Phi) is 4.60. The number of nitrogens with two attached hydrogens (primary N) is 1. The summed E-state index contributed by atoms with van der Waals surface area (Å²) < 4.78 is 5.95. The molecule has 3 N–H and O–H groups in total. The van der Waals surface area contributed by atoms with Crippen LogP contribution in [0.1, 0.15) is 49.8 Å². The van der Waals surface area contributed by atoms with Crippen LogP contribution in [0.2, 0.25) is 0 Å². The summed E-state index contributed by atoms with van der Waals surface area (Å²) in [5.74, 6) is 0.643. The number of hydrogen-bond acceptors (Lipinski definition) is 4. The van der Waals surface area contributed by atoms with Crippen LogP contribution in [-0.2, 0) is 0 Å². The first-order valence-electron chi connectivity index (χ1n) is 6.82. The molecular formula is C14H21N3O2. The first-order valence-corrected chi connectivity index (χ1v) is 6.82. The van der Waals surface area contributed by atoms with Gasteiger partial charge in [0.1, 0.15) is 6.10 Å². The largest absolute Gasteiger partial charge is 0.474 e. The molecule has 0 aromatic carbocycles. The van der Waals surface area contributed by atoms with Crippen LogP contribution in [-0.4, -0.2) is 22.1 Å². The number of amidine groups is 1. The van der Waals surface area contributed by atoms with Gasteiger partial charge in [-0.2, -0.15) is 0 Å². The van der Waals surface area contributed by atoms with E-state index in [9.17, 15) is 0 Å². The minimum absolute atomic E-state index is 0.0798. The van der Waals surface area contributed by atoms with E-state index in [-0.39, 0.29) is 11.9 Å². The summed E-state index contributed by atoms with van der Waals surface area (Å²) in [6.07, 6.45) is 7.39. The highest BCUT2D eigenvalue weighted by Crippen LogP contribution is 2.22. The Morgan fingerprint density at radius 1 is 1.32 bits per heavy atom. The van der Waals surface area contributed by atoms with Crippen molar-refractivity contribution in [2.75, 3.05) is 0 Å². The molecule has 0 spiro atoms. The van der Waals surface area contributed by atoms with Gasteiger partial charge in [0.2, 0.25) is 5.88 Å². The van der Waals surface area contributed by atoms with Gasteiger partial charge in [0.25, 0.3) is 0 Å². The second-order valence-corrected chi connectivity index (χ2v) is 5.05. The van der Waals surface area contributed by atoms with Crippen LogP contribution in [0.15, 0.2) is 17.3 Å². The summed E-state index contributed by atoms with van der Waals surface area (Å²) in [6, 6.07) is 3.50. The van der Waals surface area contributed by atoms with E-state index in [0.29, 0.717) is 11.4 Å². The second-order valence-electron chi connectivity index (χ2n) is 5.05. The molecular weight excluding hydrogens is 242 g/mol. The molecule has 0 bridgehead atoms. The summed E-state index contributed by atoms with van der Waals surface area (Å²) in [5, 5.41) is 11.7. The summed E-state index contributed by atoms with van der Waals surface area (Å²) in [4.78, 5) is 4.36. The van der Waals surface area contributed by atoms with Crippen LogP contribution in [0.4, 0.5) is 0 Å². The van der Waals surface area contributed by atoms with Gasteiger partial charge in [0.15, 0.2) is 5.84 Å². The second kappa shape index (κ2) is 6.41. The Morgan fingerprint density at radius 3 is 2.63 bits per heavy atom. The third-order valence-corrected chi connectivity index (χ3v) is 3.42. The molecule has 0 saturated heterocycles. The van der Waals surface area contributed by atoms with Crippen molar-refractivity contribution >= 4 is 5.84 Å². The molecule has 5 nitrogen and oxygen atoms in total. The fraction of sp³-hybridized carbons (Fsp3) is 0.571. The fourth-order valence-corrected chi connectivity index (χ4v) is 2.43. The minimum Gasteiger partial charge on any atom is -0.474 e. The van der Waals surface area contributed by atoms with Crippen molar-refractivity contribution in [3.8, 4) is 5.88 Å². The first-order chi connectivity index (χ1) is 9.19. The Hall–Kier alpha value is -1.78. The van der Waals surface area contributed by atoms with E-state index in [4.69, 9.17) is 15.7 Å². The van der Waals surface area contributed by atoms with Crippen molar-refractivity contribution in [1.82, 2.24) is 4.98 Å². The first kappa shape index (κ1) is 13.6. The maximum Gasteiger partial charge on any atom is 0.214 e. The maximum absolute atomic E-state index is 8.73. The molecule has 0 atom stereocenters. The van der Waals surface area contributed by atoms with Crippen molar-refractivity contribution in [2.24, 2.45) is 10.9 Å². The lowest BCUT2D eigenvalue weighted by Gasteiger charge is -2.17. The molecule has 0 radical (unpaired) electrons. The van der Waals surface area contributed by atoms with Gasteiger partial charge in [0, 0.05) is 17.3 Å². The molecule has 1 aliphatic rings. The number of pyridine rings is 1. The molecule has 1 aliphatic carbocycles. The highest BCUT2D eigenvalue weighted by Gasteiger charge is 2.15. The van der Waals surface area contributed by atoms with Gasteiger partial charge in [-0.3, -0.25) is 0 Å². The van der Waals surface area contributed by atoms with E-state index in [0.717, 1.165) is 18.5 Å². The average molecular weight is 263 g/mol. The van der Waals surface area contributed by atoms with E-state index >= 15 is 0 Å². The van der Waals surface area contributed by atoms with Crippen LogP contribution >= 0.6 is 0 Å². The minimum atomic E-state index is 0.0798. The molecule has 104 valence electrons. The lowest BCUT2D eigenvalue weighted by atomic mass is 10.1. The number of rotatable bonds is 3. The van der Waals surface area contributed by atoms with E-state index in [1.807, 2.05) is 6.92 Å². The molecule has 1 heterocycles. The number of hydrogen-bond donors (Lipinski definition) is 2. The van der Waals surface area contributed by atoms with Crippen molar-refractivity contribution in [3.05, 3.63) is 23.4 Å². The van der Waals surface area contributed by atoms with Crippen LogP contribution in [0.25, 0.3) is 0 Å². The molecule has 1 fully saturated rings. The highest BCUT2D eigenvalue weighted by atomic mass is 16.5. The lowest BCUT2D eigenvalue weighted by molar-refractivity contribution is 0.176. The van der Waals surface area contributed by atoms with Crippen molar-refractivity contribution in [1.29, 1.82) is 0 Å². The quantitative estimate of drug-likeness (QED) is 0.289. The Morgan fingerprint density at radius 2 is 2.00 bits per heavy atom. The number of oxime groups is 1. The summed E-state index contributed by atoms with van der Waals surface area (Å²) in [5.41, 5.74) is 7.04. The van der Waals surface area contributed by atoms with E-state index in [1.165, 1.54) is 25.7 Å². The van der Waals surface area contributed by atoms with Gasteiger partial charge in [-0.1, -0.05) is 18.0 Å². The third kappa shape index (κ3) is 3.84. The highest BCUT2D eigenvalue weighted by molar-refractivity contribution is 5.97. The zero-order valence-electron chi connectivity index (χ0n) is 11.3. The van der Waals surface area contributed by atoms with E-state index in [2.05, 4.69) is 10.1 Å². The fourth-order valence-electron chi connectivity index (χ4n) is 2.43. The van der Waals surface area contributed by atoms with Gasteiger partial charge in [-0.25, -0.2) is 4.98 Å². The Balaban J connectivity index is 2.13. The number of nitrogens with zero attached hydrogens (tertiary/aromatic N) is 2. The van der Waals surface area contributed by atoms with Gasteiger partial charge in [0.05, 0.1) is 0 Å². The molecule has 1 saturated carbocycles. The van der Waals surface area contributed by atoms with Crippen molar-refractivity contribution < 1.29 is 9.94 Å². The molecule has 0 amide bonds. The number of aryl methyl sites for hydroxylation is 1. The molecule has 1 aromatic rings. The predicted molar refractivity (Wildman–Crippen MR) is 73.6 cm³/mol. The summed E-state index contributed by atoms with van der Waals surface area (Å²) >= 11 is 0. The molecule has 0 aliphatic heterocycles. The van der Waals surface area contributed by atoms with E-state index in [1.54, 1.807) is 12.1 Å². The van der Waals surface area contributed by atoms with Crippen LogP contribution in [0, 0.1) is 6.92 Å². The summed E-state index contributed by atoms with van der Waals surface area (Å²) in [6.45, 7) is 1.87. The van der Waals surface area contributed by atoms with Gasteiger partial charge < -0.3 is 15.7 Å². The molecule has 0 unspecified atom stereocenters. The zero-order chi connectivity index (χ0) is 13.7. The van der Waals surface area contributed by atoms with Gasteiger partial charge in [-0.05, 0) is 38.7 Å². The zero-order valence-corrected chi connectivity index (χ0v) is 11.3. The van der Waals surface area contributed by atoms with Crippen molar-refractivity contribution in [2.45, 2.75) is 51.6 Å². The normalized spacial score (nSPS) is 18.1. The number of aromatic nitrogens is 1. The molecule has 1 aromatic heterocycles. The SMILES string of the molecule is Cc1cc(/C(N)=N/O)cc(OC2CCCCCC2)n1. The molecule has 19 heavy (non-hydrogen) atoms. The van der Waals surface area contributed by atoms with Gasteiger partial charge >= 0.3 is 0 Å². The Bertz CT molecular complexity index is 452. The monoisotopic (exact) mass is 263 g/mol. The lowest BCUT2D eigenvalue weighted by Crippen LogP contribution is -2.18. The third-order valence-electron chi connectivity index (χ3n) is 3.42. The Labute approximate surface area is 113 Å². The summed E-state index contributed by atoms with van der Waals surface area (Å²) in [7, 11) is 0. The predicted octanol–water partition coefficient (Wildman–Crippen LogP) is 2.59. The van der Waals surface area contributed by atoms with Gasteiger partial charge in [-0.15, -0.1) is 0 Å². The van der Waals surface area contributed by atoms with Crippen molar-refractivity contribution in [3.63, 3.8) is 0 Å². The molecule has 5 heteroatoms. The standard InChI is InChI=1S/C14H21N3O2/c1-10-8-11(14(15)17-18)9-13(16-10)19-12-6-4-2-3-5-7-12/h8-9,12,18H,2-7H2,1H3,(H2,15,17). The smallest absolute Gasteiger partial charge is 0.214 e. The maximum atomic E-state index is 8.73. The van der Waals surface area contributed by atoms with Crippen LogP contribution < -0.4 is 10.5 Å². The van der Waals surface area contributed by atoms with E-state index < -0.39 is 0 Å². The average Bonchev–Trinajstić information content (AvgIpc) is 2.65. The molecule has 2 rings (SSSR count). The van der Waals surface area contributed by atoms with Crippen LogP contribution in [0.3, 0.4) is 0 Å². The topological polar surface area (TPSA) is 80.7 Å².